The summed E-state index contributed by atoms with van der Waals surface area (Å²) >= 11 is 19.4. The summed E-state index contributed by atoms with van der Waals surface area (Å²) in [5, 5.41) is 3.38. The van der Waals surface area contributed by atoms with E-state index in [1.165, 1.54) is 0 Å². The Morgan fingerprint density at radius 2 is 1.81 bits per heavy atom. The van der Waals surface area contributed by atoms with Crippen LogP contribution in [0, 0.1) is 0 Å². The van der Waals surface area contributed by atoms with Crippen LogP contribution >= 0.6 is 46.1 Å². The topological polar surface area (TPSA) is 12.4 Å². The predicted octanol–water partition coefficient (Wildman–Crippen LogP) is 5.46. The largest absolute Gasteiger partial charge is 0.252 e. The maximum atomic E-state index is 6.00. The van der Waals surface area contributed by atoms with Crippen LogP contribution in [0.25, 0.3) is 0 Å². The fourth-order valence-electron chi connectivity index (χ4n) is 1.15. The van der Waals surface area contributed by atoms with Crippen molar-refractivity contribution in [1.29, 1.82) is 0 Å². The highest BCUT2D eigenvalue weighted by molar-refractivity contribution is 7.11. The molecule has 2 rings (SSSR count). The van der Waals surface area contributed by atoms with E-state index in [1.54, 1.807) is 29.7 Å². The number of halogens is 3. The van der Waals surface area contributed by atoms with Gasteiger partial charge in [-0.1, -0.05) is 40.9 Å². The van der Waals surface area contributed by atoms with E-state index in [1.807, 2.05) is 17.5 Å². The van der Waals surface area contributed by atoms with E-state index >= 15 is 0 Å². The molecule has 0 aliphatic carbocycles. The molecule has 0 N–H and O–H groups in total. The third kappa shape index (κ3) is 2.77. The molecule has 16 heavy (non-hydrogen) atoms. The Labute approximate surface area is 112 Å². The van der Waals surface area contributed by atoms with E-state index in [9.17, 15) is 0 Å². The lowest BCUT2D eigenvalue weighted by molar-refractivity contribution is 1.53. The molecule has 1 nitrogen and oxygen atoms in total. The Bertz CT molecular complexity index is 497. The molecule has 0 saturated carbocycles. The number of aliphatic imine (C=N–C) groups is 1. The third-order valence-corrected chi connectivity index (χ3v) is 3.45. The van der Waals surface area contributed by atoms with Gasteiger partial charge in [0.15, 0.2) is 0 Å². The standard InChI is InChI=1S/C11H6Cl3NS/c12-7-4-9(13)11(10(14)5-7)15-6-8-2-1-3-16-8/h1-6H. The first kappa shape index (κ1) is 11.9. The molecule has 0 radical (unpaired) electrons. The van der Waals surface area contributed by atoms with Gasteiger partial charge in [0.1, 0.15) is 5.69 Å². The van der Waals surface area contributed by atoms with Gasteiger partial charge in [-0.2, -0.15) is 0 Å². The van der Waals surface area contributed by atoms with Gasteiger partial charge in [0.05, 0.1) is 10.0 Å². The highest BCUT2D eigenvalue weighted by Gasteiger charge is 2.05. The van der Waals surface area contributed by atoms with Crippen LogP contribution in [-0.4, -0.2) is 6.21 Å². The SMILES string of the molecule is Clc1cc(Cl)c(N=Cc2cccs2)c(Cl)c1. The Morgan fingerprint density at radius 1 is 1.12 bits per heavy atom. The molecular weight excluding hydrogens is 285 g/mol. The van der Waals surface area contributed by atoms with Crippen molar-refractivity contribution >= 4 is 58.0 Å². The van der Waals surface area contributed by atoms with Crippen LogP contribution in [-0.2, 0) is 0 Å². The van der Waals surface area contributed by atoms with Crippen LogP contribution in [0.15, 0.2) is 34.6 Å². The second kappa shape index (κ2) is 5.19. The molecule has 1 aromatic heterocycles. The molecule has 0 aliphatic heterocycles. The second-order valence-electron chi connectivity index (χ2n) is 2.99. The third-order valence-electron chi connectivity index (χ3n) is 1.85. The minimum Gasteiger partial charge on any atom is -0.252 e. The lowest BCUT2D eigenvalue weighted by Gasteiger charge is -2.01. The van der Waals surface area contributed by atoms with Crippen LogP contribution in [0.5, 0.6) is 0 Å². The second-order valence-corrected chi connectivity index (χ2v) is 5.22. The maximum Gasteiger partial charge on any atom is 0.100 e. The first-order valence-corrected chi connectivity index (χ1v) is 6.40. The smallest absolute Gasteiger partial charge is 0.100 e. The van der Waals surface area contributed by atoms with Crippen LogP contribution in [0.1, 0.15) is 4.88 Å². The molecule has 0 spiro atoms. The van der Waals surface area contributed by atoms with Gasteiger partial charge >= 0.3 is 0 Å². The van der Waals surface area contributed by atoms with Crippen molar-refractivity contribution < 1.29 is 0 Å². The van der Waals surface area contributed by atoms with Gasteiger partial charge in [-0.15, -0.1) is 11.3 Å². The van der Waals surface area contributed by atoms with Gasteiger partial charge in [0, 0.05) is 16.1 Å². The molecule has 82 valence electrons. The fourth-order valence-corrected chi connectivity index (χ4v) is 2.65. The number of nitrogens with zero attached hydrogens (tertiary/aromatic N) is 1. The van der Waals surface area contributed by atoms with Gasteiger partial charge in [0.25, 0.3) is 0 Å². The molecule has 1 aromatic carbocycles. The zero-order valence-electron chi connectivity index (χ0n) is 7.95. The van der Waals surface area contributed by atoms with Crippen molar-refractivity contribution in [3.05, 3.63) is 49.6 Å². The van der Waals surface area contributed by atoms with Crippen molar-refractivity contribution in [2.24, 2.45) is 4.99 Å². The number of rotatable bonds is 2. The van der Waals surface area contributed by atoms with E-state index in [4.69, 9.17) is 34.8 Å². The molecule has 0 atom stereocenters. The molecule has 2 aromatic rings. The number of hydrogen-bond acceptors (Lipinski definition) is 2. The number of benzene rings is 1. The minimum atomic E-state index is 0.449. The molecule has 0 amide bonds. The summed E-state index contributed by atoms with van der Waals surface area (Å²) in [6, 6.07) is 7.16. The fraction of sp³-hybridized carbons (Fsp3) is 0. The van der Waals surface area contributed by atoms with Crippen LogP contribution in [0.3, 0.4) is 0 Å². The van der Waals surface area contributed by atoms with Crippen molar-refractivity contribution in [3.63, 3.8) is 0 Å². The molecule has 0 fully saturated rings. The van der Waals surface area contributed by atoms with Crippen molar-refractivity contribution in [1.82, 2.24) is 0 Å². The molecule has 1 heterocycles. The van der Waals surface area contributed by atoms with E-state index in [-0.39, 0.29) is 0 Å². The van der Waals surface area contributed by atoms with Gasteiger partial charge in [0.2, 0.25) is 0 Å². The molecule has 0 unspecified atom stereocenters. The minimum absolute atomic E-state index is 0.449. The number of hydrogen-bond donors (Lipinski definition) is 0. The predicted molar refractivity (Wildman–Crippen MR) is 73.0 cm³/mol. The van der Waals surface area contributed by atoms with Crippen molar-refractivity contribution in [3.8, 4) is 0 Å². The average Bonchev–Trinajstić information content (AvgIpc) is 2.68. The Hall–Kier alpha value is -0.540. The van der Waals surface area contributed by atoms with E-state index in [0.29, 0.717) is 20.8 Å². The summed E-state index contributed by atoms with van der Waals surface area (Å²) in [5.74, 6) is 0. The summed E-state index contributed by atoms with van der Waals surface area (Å²) in [4.78, 5) is 5.30. The summed E-state index contributed by atoms with van der Waals surface area (Å²) in [6.07, 6.45) is 1.73. The zero-order valence-corrected chi connectivity index (χ0v) is 11.0. The lowest BCUT2D eigenvalue weighted by atomic mass is 10.3. The monoisotopic (exact) mass is 289 g/mol. The van der Waals surface area contributed by atoms with Gasteiger partial charge < -0.3 is 0 Å². The summed E-state index contributed by atoms with van der Waals surface area (Å²) < 4.78 is 0. The maximum absolute atomic E-state index is 6.00. The Morgan fingerprint density at radius 3 is 2.38 bits per heavy atom. The van der Waals surface area contributed by atoms with E-state index in [0.717, 1.165) is 4.88 Å². The first-order chi connectivity index (χ1) is 7.66. The zero-order chi connectivity index (χ0) is 11.5. The summed E-state index contributed by atoms with van der Waals surface area (Å²) in [5.41, 5.74) is 0.543. The van der Waals surface area contributed by atoms with Gasteiger partial charge in [-0.25, -0.2) is 0 Å². The van der Waals surface area contributed by atoms with E-state index in [2.05, 4.69) is 4.99 Å². The summed E-state index contributed by atoms with van der Waals surface area (Å²) in [7, 11) is 0. The van der Waals surface area contributed by atoms with Gasteiger partial charge in [-0.05, 0) is 23.6 Å². The Balaban J connectivity index is 2.35. The van der Waals surface area contributed by atoms with Crippen molar-refractivity contribution in [2.45, 2.75) is 0 Å². The van der Waals surface area contributed by atoms with Gasteiger partial charge in [-0.3, -0.25) is 4.99 Å². The molecule has 0 bridgehead atoms. The van der Waals surface area contributed by atoms with Crippen LogP contribution < -0.4 is 0 Å². The lowest BCUT2D eigenvalue weighted by Crippen LogP contribution is -1.76. The Kier molecular flexibility index (Phi) is 3.87. The van der Waals surface area contributed by atoms with Crippen LogP contribution in [0.4, 0.5) is 5.69 Å². The number of thiophene rings is 1. The molecule has 5 heteroatoms. The molecule has 0 saturated heterocycles. The summed E-state index contributed by atoms with van der Waals surface area (Å²) in [6.45, 7) is 0. The van der Waals surface area contributed by atoms with Crippen molar-refractivity contribution in [2.75, 3.05) is 0 Å². The highest BCUT2D eigenvalue weighted by atomic mass is 35.5. The van der Waals surface area contributed by atoms with E-state index < -0.39 is 0 Å². The quantitative estimate of drug-likeness (QED) is 0.651. The van der Waals surface area contributed by atoms with Crippen LogP contribution in [0.2, 0.25) is 15.1 Å². The first-order valence-electron chi connectivity index (χ1n) is 4.39. The molecular formula is C11H6Cl3NS. The molecule has 0 aliphatic rings. The highest BCUT2D eigenvalue weighted by Crippen LogP contribution is 2.35. The normalized spacial score (nSPS) is 11.2. The average molecular weight is 291 g/mol.